The Morgan fingerprint density at radius 1 is 0.500 bits per heavy atom. The van der Waals surface area contributed by atoms with Crippen molar-refractivity contribution in [2.75, 3.05) is 46.0 Å². The van der Waals surface area contributed by atoms with Crippen LogP contribution in [0.15, 0.2) is 140 Å². The van der Waals surface area contributed by atoms with Crippen molar-refractivity contribution in [3.63, 3.8) is 0 Å². The first-order chi connectivity index (χ1) is 40.4. The summed E-state index contributed by atoms with van der Waals surface area (Å²) in [5.41, 5.74) is 9.46. The van der Waals surface area contributed by atoms with Gasteiger partial charge in [0.2, 0.25) is 35.4 Å². The van der Waals surface area contributed by atoms with Crippen molar-refractivity contribution in [3.8, 4) is 0 Å². The number of ketones is 2. The molecule has 2 heterocycles. The van der Waals surface area contributed by atoms with Crippen LogP contribution in [0.1, 0.15) is 136 Å². The SMILES string of the molecule is CN[C@@H](C)C(=O)N[C@H](C(=O)N1C[C@@H](CC(=O)c2cc(N)cc(C(=O)C[C@H]3C[C@@H](C(=O)NCC(c4ccccc4)c4ccccc4)N(C(=O)[C@@H](NC(=O)[C@H](C)NC)C(C)(C)C)C3)c2)C[C@H]1C(=O)NCC(c1ccccc1)c1ccccc1)C(C)(C)C.Cl. The van der Waals surface area contributed by atoms with E-state index in [0.29, 0.717) is 0 Å². The molecular formula is C68H88ClN9O8. The number of nitrogens with two attached hydrogens (primary N) is 1. The van der Waals surface area contributed by atoms with Crippen LogP contribution in [0.25, 0.3) is 0 Å². The highest BCUT2D eigenvalue weighted by Crippen LogP contribution is 2.35. The molecule has 0 aliphatic carbocycles. The van der Waals surface area contributed by atoms with Crippen LogP contribution in [-0.2, 0) is 28.8 Å². The lowest BCUT2D eigenvalue weighted by atomic mass is 9.85. The van der Waals surface area contributed by atoms with Crippen molar-refractivity contribution in [2.45, 2.75) is 129 Å². The maximum Gasteiger partial charge on any atom is 0.246 e. The number of hydrogen-bond donors (Lipinski definition) is 7. The summed E-state index contributed by atoms with van der Waals surface area (Å²) in [6, 6.07) is 38.7. The highest BCUT2D eigenvalue weighted by Gasteiger charge is 2.47. The van der Waals surface area contributed by atoms with Crippen molar-refractivity contribution in [2.24, 2.45) is 22.7 Å². The number of benzene rings is 5. The van der Waals surface area contributed by atoms with E-state index in [1.807, 2.05) is 163 Å². The number of rotatable bonds is 24. The van der Waals surface area contributed by atoms with E-state index in [9.17, 15) is 38.4 Å². The number of carbonyl (C=O) groups excluding carboxylic acids is 8. The molecule has 5 aromatic rings. The van der Waals surface area contributed by atoms with Gasteiger partial charge in [0.1, 0.15) is 24.2 Å². The van der Waals surface area contributed by atoms with Gasteiger partial charge in [0.05, 0.1) is 12.1 Å². The van der Waals surface area contributed by atoms with Crippen LogP contribution < -0.4 is 37.6 Å². The van der Waals surface area contributed by atoms with Crippen LogP contribution in [0.2, 0.25) is 0 Å². The van der Waals surface area contributed by atoms with Crippen molar-refractivity contribution >= 4 is 65.1 Å². The molecule has 7 rings (SSSR count). The van der Waals surface area contributed by atoms with E-state index in [2.05, 4.69) is 31.9 Å². The Kier molecular flexibility index (Phi) is 23.6. The predicted molar refractivity (Wildman–Crippen MR) is 339 cm³/mol. The minimum Gasteiger partial charge on any atom is -0.399 e. The lowest BCUT2D eigenvalue weighted by Gasteiger charge is -2.36. The molecule has 2 fully saturated rings. The fraction of sp³-hybridized carbons (Fsp3) is 0.441. The van der Waals surface area contributed by atoms with Gasteiger partial charge in [-0.15, -0.1) is 12.4 Å². The summed E-state index contributed by atoms with van der Waals surface area (Å²) >= 11 is 0. The third-order valence-corrected chi connectivity index (χ3v) is 16.7. The quantitative estimate of drug-likeness (QED) is 0.0237. The maximum atomic E-state index is 14.9. The van der Waals surface area contributed by atoms with Crippen molar-refractivity contribution in [1.29, 1.82) is 0 Å². The molecule has 2 aliphatic heterocycles. The van der Waals surface area contributed by atoms with Crippen molar-refractivity contribution in [1.82, 2.24) is 41.7 Å². The fourth-order valence-corrected chi connectivity index (χ4v) is 11.5. The number of likely N-dealkylation sites (N-methyl/N-ethyl adjacent to an activating group) is 2. The summed E-state index contributed by atoms with van der Waals surface area (Å²) in [7, 11) is 3.30. The molecule has 0 bridgehead atoms. The zero-order valence-corrected chi connectivity index (χ0v) is 52.2. The summed E-state index contributed by atoms with van der Waals surface area (Å²) in [5, 5.41) is 18.0. The van der Waals surface area contributed by atoms with E-state index in [1.165, 1.54) is 28.0 Å². The Balaban J connectivity index is 0.0000118. The van der Waals surface area contributed by atoms with E-state index >= 15 is 0 Å². The fourth-order valence-electron chi connectivity index (χ4n) is 11.5. The molecule has 8 atom stereocenters. The molecule has 460 valence electrons. The molecule has 5 aromatic carbocycles. The number of nitrogens with one attached hydrogen (secondary N) is 6. The molecule has 0 radical (unpaired) electrons. The van der Waals surface area contributed by atoms with E-state index < -0.39 is 82.5 Å². The number of hydrogen-bond acceptors (Lipinski definition) is 11. The molecule has 2 aliphatic rings. The summed E-state index contributed by atoms with van der Waals surface area (Å²) < 4.78 is 0. The summed E-state index contributed by atoms with van der Waals surface area (Å²) in [4.78, 5) is 118. The normalized spacial score (nSPS) is 18.3. The monoisotopic (exact) mass is 1190 g/mol. The molecule has 6 amide bonds. The molecule has 18 heteroatoms. The number of nitrogen functional groups attached to an aromatic ring is 1. The lowest BCUT2D eigenvalue weighted by molar-refractivity contribution is -0.144. The van der Waals surface area contributed by atoms with E-state index in [4.69, 9.17) is 5.73 Å². The minimum atomic E-state index is -1.02. The molecule has 0 saturated carbocycles. The Bertz CT molecular complexity index is 2850. The second kappa shape index (κ2) is 30.1. The minimum absolute atomic E-state index is 0. The first kappa shape index (κ1) is 67.4. The van der Waals surface area contributed by atoms with Gasteiger partial charge in [0.25, 0.3) is 0 Å². The van der Waals surface area contributed by atoms with Gasteiger partial charge in [-0.05, 0) is 104 Å². The molecule has 0 spiro atoms. The van der Waals surface area contributed by atoms with Gasteiger partial charge in [-0.3, -0.25) is 38.4 Å². The average Bonchev–Trinajstić information content (AvgIpc) is 3.32. The second-order valence-electron chi connectivity index (χ2n) is 25.2. The molecule has 2 saturated heterocycles. The number of anilines is 1. The summed E-state index contributed by atoms with van der Waals surface area (Å²) in [6.07, 6.45) is 0.120. The molecular weight excluding hydrogens is 1110 g/mol. The molecule has 86 heavy (non-hydrogen) atoms. The summed E-state index contributed by atoms with van der Waals surface area (Å²) in [6.45, 7) is 15.0. The standard InChI is InChI=1S/C68H87N9O8.ClH/c1-42(70-9)61(80)74-59(67(3,4)5)65(84)76-40-44(31-55(76)63(82)72-38-53(46-23-15-11-16-24-46)47-25-17-12-18-26-47)33-57(78)50-35-51(37-52(69)36-50)58(79)34-45-32-56(77(41-45)66(85)60(68(6,7)8)75-62(81)43(2)71-10)64(83)73-39-54(48-27-19-13-20-28-48)49-29-21-14-22-30-49;/h11-30,35-37,42-45,53-56,59-60,70-71H,31-34,38-41,69H2,1-10H3,(H,72,82)(H,73,83)(H,74,80)(H,75,81);1H/t42-,43-,44+,45+,55-,56-,59+,60+;/m0./s1. The highest BCUT2D eigenvalue weighted by atomic mass is 35.5. The molecule has 17 nitrogen and oxygen atoms in total. The zero-order valence-electron chi connectivity index (χ0n) is 51.4. The number of nitrogens with zero attached hydrogens (tertiary/aromatic N) is 2. The van der Waals surface area contributed by atoms with Crippen LogP contribution in [0.3, 0.4) is 0 Å². The first-order valence-corrected chi connectivity index (χ1v) is 29.7. The number of likely N-dealkylation sites (tertiary alicyclic amines) is 2. The van der Waals surface area contributed by atoms with Gasteiger partial charge < -0.3 is 47.4 Å². The molecule has 0 unspecified atom stereocenters. The molecule has 0 aromatic heterocycles. The van der Waals surface area contributed by atoms with Gasteiger partial charge in [-0.25, -0.2) is 0 Å². The van der Waals surface area contributed by atoms with E-state index in [0.717, 1.165) is 22.3 Å². The number of carbonyl (C=O) groups is 8. The largest absolute Gasteiger partial charge is 0.399 e. The summed E-state index contributed by atoms with van der Waals surface area (Å²) in [5.74, 6) is -4.54. The van der Waals surface area contributed by atoms with Crippen LogP contribution >= 0.6 is 12.4 Å². The van der Waals surface area contributed by atoms with Crippen molar-refractivity contribution in [3.05, 3.63) is 173 Å². The van der Waals surface area contributed by atoms with Crippen LogP contribution in [0.5, 0.6) is 0 Å². The van der Waals surface area contributed by atoms with Gasteiger partial charge in [-0.1, -0.05) is 163 Å². The Labute approximate surface area is 513 Å². The Morgan fingerprint density at radius 2 is 0.802 bits per heavy atom. The third-order valence-electron chi connectivity index (χ3n) is 16.7. The van der Waals surface area contributed by atoms with Crippen LogP contribution in [0.4, 0.5) is 5.69 Å². The smallest absolute Gasteiger partial charge is 0.246 e. The second-order valence-corrected chi connectivity index (χ2v) is 25.2. The van der Waals surface area contributed by atoms with Gasteiger partial charge >= 0.3 is 0 Å². The van der Waals surface area contributed by atoms with Gasteiger partial charge in [0, 0.05) is 67.7 Å². The average molecular weight is 1190 g/mol. The van der Waals surface area contributed by atoms with E-state index in [1.54, 1.807) is 27.9 Å². The van der Waals surface area contributed by atoms with Crippen LogP contribution in [-0.4, -0.2) is 133 Å². The number of Topliss-reactive ketones (excluding diaryl/α,β-unsaturated/α-hetero) is 2. The van der Waals surface area contributed by atoms with Crippen LogP contribution in [0, 0.1) is 22.7 Å². The maximum absolute atomic E-state index is 14.9. The molecule has 8 N–H and O–H groups in total. The number of amides is 6. The third kappa shape index (κ3) is 17.3. The number of halogens is 1. The van der Waals surface area contributed by atoms with Crippen molar-refractivity contribution < 1.29 is 38.4 Å². The highest BCUT2D eigenvalue weighted by molar-refractivity contribution is 6.03. The van der Waals surface area contributed by atoms with E-state index in [-0.39, 0.29) is 116 Å². The Hall–Kier alpha value is -7.73. The lowest BCUT2D eigenvalue weighted by Crippen LogP contribution is -2.59. The Morgan fingerprint density at radius 3 is 1.08 bits per heavy atom. The van der Waals surface area contributed by atoms with Gasteiger partial charge in [0.15, 0.2) is 11.6 Å². The topological polar surface area (TPSA) is 241 Å². The van der Waals surface area contributed by atoms with Gasteiger partial charge in [-0.2, -0.15) is 0 Å². The first-order valence-electron chi connectivity index (χ1n) is 29.7. The zero-order chi connectivity index (χ0) is 61.8. The predicted octanol–water partition coefficient (Wildman–Crippen LogP) is 7.44.